The zero-order valence-electron chi connectivity index (χ0n) is 15.3. The number of rotatable bonds is 7. The number of hydrogen-bond acceptors (Lipinski definition) is 5. The summed E-state index contributed by atoms with van der Waals surface area (Å²) < 4.78 is 16.1. The monoisotopic (exact) mass is 351 g/mol. The third kappa shape index (κ3) is 4.64. The maximum Gasteiger partial charge on any atom is 0.203 e. The van der Waals surface area contributed by atoms with Crippen LogP contribution >= 0.6 is 0 Å². The summed E-state index contributed by atoms with van der Waals surface area (Å²) in [5, 5.41) is 9.42. The minimum atomic E-state index is -0.368. The van der Waals surface area contributed by atoms with Gasteiger partial charge in [-0.25, -0.2) is 0 Å². The number of carbonyl (C=O) groups excluding carboxylic acids is 1. The summed E-state index contributed by atoms with van der Waals surface area (Å²) in [6.07, 6.45) is 1.54. The number of ketones is 1. The van der Waals surface area contributed by atoms with Crippen LogP contribution in [0.15, 0.2) is 48.0 Å². The van der Waals surface area contributed by atoms with Crippen molar-refractivity contribution in [1.82, 2.24) is 0 Å². The lowest BCUT2D eigenvalue weighted by atomic mass is 10.0. The van der Waals surface area contributed by atoms with Gasteiger partial charge in [0.05, 0.1) is 20.3 Å². The minimum Gasteiger partial charge on any atom is -0.497 e. The van der Waals surface area contributed by atoms with E-state index in [1.807, 2.05) is 19.9 Å². The SMILES string of the molecule is COc1cccc(C(=O)/C(C#N)=C/c2ccc(OC(C)C)c(OC)c2)c1. The lowest BCUT2D eigenvalue weighted by molar-refractivity contribution is 0.103. The molecule has 2 rings (SSSR count). The number of nitriles is 1. The smallest absolute Gasteiger partial charge is 0.203 e. The second-order valence-electron chi connectivity index (χ2n) is 5.81. The minimum absolute atomic E-state index is 0.00889. The lowest BCUT2D eigenvalue weighted by Gasteiger charge is -2.13. The van der Waals surface area contributed by atoms with Gasteiger partial charge in [-0.2, -0.15) is 5.26 Å². The quantitative estimate of drug-likeness (QED) is 0.423. The Bertz CT molecular complexity index is 863. The molecule has 5 heteroatoms. The van der Waals surface area contributed by atoms with Crippen molar-refractivity contribution in [2.75, 3.05) is 14.2 Å². The molecule has 5 nitrogen and oxygen atoms in total. The average molecular weight is 351 g/mol. The molecule has 0 aliphatic carbocycles. The maximum absolute atomic E-state index is 12.6. The van der Waals surface area contributed by atoms with Gasteiger partial charge < -0.3 is 14.2 Å². The molecule has 0 fully saturated rings. The topological polar surface area (TPSA) is 68.6 Å². The highest BCUT2D eigenvalue weighted by atomic mass is 16.5. The van der Waals surface area contributed by atoms with E-state index in [1.54, 1.807) is 49.6 Å². The molecule has 0 bridgehead atoms. The van der Waals surface area contributed by atoms with Crippen LogP contribution in [0, 0.1) is 11.3 Å². The maximum atomic E-state index is 12.6. The molecule has 134 valence electrons. The first-order valence-electron chi connectivity index (χ1n) is 8.13. The van der Waals surface area contributed by atoms with Gasteiger partial charge in [0, 0.05) is 5.56 Å². The van der Waals surface area contributed by atoms with Crippen molar-refractivity contribution < 1.29 is 19.0 Å². The van der Waals surface area contributed by atoms with E-state index in [0.717, 1.165) is 0 Å². The summed E-state index contributed by atoms with van der Waals surface area (Å²) in [4.78, 5) is 12.6. The Hall–Kier alpha value is -3.26. The van der Waals surface area contributed by atoms with E-state index < -0.39 is 0 Å². The van der Waals surface area contributed by atoms with E-state index in [-0.39, 0.29) is 17.5 Å². The molecule has 0 amide bonds. The molecular weight excluding hydrogens is 330 g/mol. The highest BCUT2D eigenvalue weighted by Gasteiger charge is 2.14. The van der Waals surface area contributed by atoms with Crippen LogP contribution < -0.4 is 14.2 Å². The Morgan fingerprint density at radius 2 is 1.85 bits per heavy atom. The number of hydrogen-bond donors (Lipinski definition) is 0. The van der Waals surface area contributed by atoms with Crippen LogP contribution in [0.25, 0.3) is 6.08 Å². The van der Waals surface area contributed by atoms with Crippen molar-refractivity contribution in [2.45, 2.75) is 20.0 Å². The number of methoxy groups -OCH3 is 2. The van der Waals surface area contributed by atoms with Crippen molar-refractivity contribution in [3.63, 3.8) is 0 Å². The van der Waals surface area contributed by atoms with Gasteiger partial charge in [0.2, 0.25) is 5.78 Å². The number of allylic oxidation sites excluding steroid dienone is 1. The molecule has 0 aliphatic heterocycles. The number of benzene rings is 2. The largest absolute Gasteiger partial charge is 0.497 e. The second-order valence-corrected chi connectivity index (χ2v) is 5.81. The van der Waals surface area contributed by atoms with E-state index >= 15 is 0 Å². The summed E-state index contributed by atoms with van der Waals surface area (Å²) in [6, 6.07) is 13.9. The predicted molar refractivity (Wildman–Crippen MR) is 99.7 cm³/mol. The molecule has 2 aromatic carbocycles. The fourth-order valence-corrected chi connectivity index (χ4v) is 2.36. The van der Waals surface area contributed by atoms with E-state index in [0.29, 0.717) is 28.4 Å². The molecule has 2 aromatic rings. The van der Waals surface area contributed by atoms with Gasteiger partial charge in [0.15, 0.2) is 11.5 Å². The highest BCUT2D eigenvalue weighted by molar-refractivity contribution is 6.14. The van der Waals surface area contributed by atoms with E-state index in [2.05, 4.69) is 0 Å². The Labute approximate surface area is 153 Å². The molecular formula is C21H21NO4. The van der Waals surface area contributed by atoms with Crippen LogP contribution in [0.4, 0.5) is 0 Å². The zero-order valence-corrected chi connectivity index (χ0v) is 15.3. The zero-order chi connectivity index (χ0) is 19.1. The van der Waals surface area contributed by atoms with Gasteiger partial charge in [-0.15, -0.1) is 0 Å². The van der Waals surface area contributed by atoms with Crippen LogP contribution in [0.1, 0.15) is 29.8 Å². The van der Waals surface area contributed by atoms with Gasteiger partial charge in [0.1, 0.15) is 17.4 Å². The van der Waals surface area contributed by atoms with Gasteiger partial charge in [-0.3, -0.25) is 4.79 Å². The van der Waals surface area contributed by atoms with Crippen molar-refractivity contribution >= 4 is 11.9 Å². The van der Waals surface area contributed by atoms with E-state index in [4.69, 9.17) is 14.2 Å². The fraction of sp³-hybridized carbons (Fsp3) is 0.238. The van der Waals surface area contributed by atoms with Crippen molar-refractivity contribution in [3.05, 3.63) is 59.2 Å². The standard InChI is InChI=1S/C21H21NO4/c1-14(2)26-19-9-8-15(11-20(19)25-4)10-17(13-22)21(23)16-6-5-7-18(12-16)24-3/h5-12,14H,1-4H3/b17-10+. The van der Waals surface area contributed by atoms with Gasteiger partial charge in [-0.05, 0) is 49.8 Å². The van der Waals surface area contributed by atoms with Crippen LogP contribution in [0.2, 0.25) is 0 Å². The Morgan fingerprint density at radius 1 is 1.08 bits per heavy atom. The van der Waals surface area contributed by atoms with Crippen LogP contribution in [0.3, 0.4) is 0 Å². The summed E-state index contributed by atoms with van der Waals surface area (Å²) in [6.45, 7) is 3.85. The molecule has 0 N–H and O–H groups in total. The number of nitrogens with zero attached hydrogens (tertiary/aromatic N) is 1. The highest BCUT2D eigenvalue weighted by Crippen LogP contribution is 2.30. The molecule has 0 saturated carbocycles. The predicted octanol–water partition coefficient (Wildman–Crippen LogP) is 4.28. The van der Waals surface area contributed by atoms with Gasteiger partial charge in [0.25, 0.3) is 0 Å². The van der Waals surface area contributed by atoms with E-state index in [1.165, 1.54) is 13.2 Å². The Balaban J connectivity index is 2.36. The van der Waals surface area contributed by atoms with Gasteiger partial charge in [-0.1, -0.05) is 18.2 Å². The number of Topliss-reactive ketones (excluding diaryl/α,β-unsaturated/α-hetero) is 1. The lowest BCUT2D eigenvalue weighted by Crippen LogP contribution is -2.06. The van der Waals surface area contributed by atoms with E-state index in [9.17, 15) is 10.1 Å². The Kier molecular flexibility index (Phi) is 6.40. The molecule has 0 aliphatic rings. The molecule has 26 heavy (non-hydrogen) atoms. The molecule has 0 spiro atoms. The first-order chi connectivity index (χ1) is 12.5. The molecule has 0 radical (unpaired) electrons. The fourth-order valence-electron chi connectivity index (χ4n) is 2.36. The summed E-state index contributed by atoms with van der Waals surface area (Å²) >= 11 is 0. The molecule has 0 heterocycles. The van der Waals surface area contributed by atoms with Crippen LogP contribution in [0.5, 0.6) is 17.2 Å². The van der Waals surface area contributed by atoms with Crippen molar-refractivity contribution in [3.8, 4) is 23.3 Å². The van der Waals surface area contributed by atoms with Gasteiger partial charge >= 0.3 is 0 Å². The third-order valence-electron chi connectivity index (χ3n) is 3.56. The summed E-state index contributed by atoms with van der Waals surface area (Å²) in [5.74, 6) is 1.34. The van der Waals surface area contributed by atoms with Crippen LogP contribution in [-0.2, 0) is 0 Å². The molecule has 0 aromatic heterocycles. The first kappa shape index (κ1) is 19.1. The first-order valence-corrected chi connectivity index (χ1v) is 8.13. The van der Waals surface area contributed by atoms with Crippen molar-refractivity contribution in [2.24, 2.45) is 0 Å². The summed E-state index contributed by atoms with van der Waals surface area (Å²) in [5.41, 5.74) is 1.09. The number of ether oxygens (including phenoxy) is 3. The number of carbonyl (C=O) groups is 1. The third-order valence-corrected chi connectivity index (χ3v) is 3.56. The van der Waals surface area contributed by atoms with Crippen LogP contribution in [-0.4, -0.2) is 26.1 Å². The second kappa shape index (κ2) is 8.72. The summed E-state index contributed by atoms with van der Waals surface area (Å²) in [7, 11) is 3.07. The molecule has 0 unspecified atom stereocenters. The molecule has 0 saturated heterocycles. The van der Waals surface area contributed by atoms with Crippen molar-refractivity contribution in [1.29, 1.82) is 5.26 Å². The Morgan fingerprint density at radius 3 is 2.46 bits per heavy atom. The normalized spacial score (nSPS) is 11.0. The molecule has 0 atom stereocenters. The average Bonchev–Trinajstić information content (AvgIpc) is 2.66.